The van der Waals surface area contributed by atoms with E-state index in [2.05, 4.69) is 5.32 Å². The van der Waals surface area contributed by atoms with Gasteiger partial charge in [0.05, 0.1) is 5.02 Å². The summed E-state index contributed by atoms with van der Waals surface area (Å²) in [5.74, 6) is -1.23. The van der Waals surface area contributed by atoms with E-state index in [9.17, 15) is 14.0 Å². The molecule has 0 spiro atoms. The number of benzene rings is 2. The van der Waals surface area contributed by atoms with Crippen LogP contribution in [0, 0.1) is 5.82 Å². The van der Waals surface area contributed by atoms with Gasteiger partial charge in [-0.15, -0.1) is 0 Å². The van der Waals surface area contributed by atoms with Crippen LogP contribution in [0.2, 0.25) is 5.02 Å². The quantitative estimate of drug-likeness (QED) is 0.871. The van der Waals surface area contributed by atoms with Gasteiger partial charge in [-0.3, -0.25) is 9.59 Å². The van der Waals surface area contributed by atoms with Crippen LogP contribution >= 0.6 is 11.6 Å². The second-order valence-electron chi connectivity index (χ2n) is 4.22. The predicted octanol–water partition coefficient (Wildman–Crippen LogP) is 3.93. The molecule has 0 saturated heterocycles. The predicted molar refractivity (Wildman–Crippen MR) is 75.8 cm³/mol. The fourth-order valence-corrected chi connectivity index (χ4v) is 1.77. The molecule has 2 aromatic carbocycles. The molecule has 1 N–H and O–H groups in total. The Hall–Kier alpha value is -2.20. The molecule has 0 bridgehead atoms. The number of halogens is 2. The molecule has 0 atom stereocenters. The summed E-state index contributed by atoms with van der Waals surface area (Å²) in [6.07, 6.45) is 0. The Morgan fingerprint density at radius 1 is 1.10 bits per heavy atom. The molecule has 20 heavy (non-hydrogen) atoms. The summed E-state index contributed by atoms with van der Waals surface area (Å²) >= 11 is 5.56. The highest BCUT2D eigenvalue weighted by Crippen LogP contribution is 2.17. The van der Waals surface area contributed by atoms with E-state index in [0.717, 1.165) is 6.07 Å². The van der Waals surface area contributed by atoms with Crippen LogP contribution in [-0.2, 0) is 0 Å². The molecule has 0 heterocycles. The molecule has 1 amide bonds. The van der Waals surface area contributed by atoms with Gasteiger partial charge in [-0.05, 0) is 37.3 Å². The standard InChI is InChI=1S/C15H11ClFNO2/c1-9(19)10-3-2-4-12(7-10)18-15(20)11-5-6-13(16)14(17)8-11/h2-8H,1H3,(H,18,20). The minimum Gasteiger partial charge on any atom is -0.322 e. The summed E-state index contributed by atoms with van der Waals surface area (Å²) in [6, 6.07) is 10.3. The van der Waals surface area contributed by atoms with Crippen molar-refractivity contribution in [1.82, 2.24) is 0 Å². The average Bonchev–Trinajstić information content (AvgIpc) is 2.42. The average molecular weight is 292 g/mol. The molecule has 0 aliphatic heterocycles. The van der Waals surface area contributed by atoms with Crippen molar-refractivity contribution in [2.75, 3.05) is 5.32 Å². The molecule has 0 fully saturated rings. The van der Waals surface area contributed by atoms with Crippen molar-refractivity contribution in [3.8, 4) is 0 Å². The van der Waals surface area contributed by atoms with Gasteiger partial charge in [-0.1, -0.05) is 23.7 Å². The summed E-state index contributed by atoms with van der Waals surface area (Å²) in [7, 11) is 0. The number of hydrogen-bond donors (Lipinski definition) is 1. The first kappa shape index (κ1) is 14.2. The summed E-state index contributed by atoms with van der Waals surface area (Å²) in [5.41, 5.74) is 1.11. The van der Waals surface area contributed by atoms with Crippen molar-refractivity contribution in [3.63, 3.8) is 0 Å². The van der Waals surface area contributed by atoms with E-state index in [-0.39, 0.29) is 16.4 Å². The van der Waals surface area contributed by atoms with E-state index in [1.165, 1.54) is 19.1 Å². The van der Waals surface area contributed by atoms with Crippen LogP contribution in [-0.4, -0.2) is 11.7 Å². The Morgan fingerprint density at radius 3 is 2.50 bits per heavy atom. The molecule has 5 heteroatoms. The van der Waals surface area contributed by atoms with Crippen LogP contribution < -0.4 is 5.32 Å². The van der Waals surface area contributed by atoms with Gasteiger partial charge in [-0.2, -0.15) is 0 Å². The summed E-state index contributed by atoms with van der Waals surface area (Å²) in [4.78, 5) is 23.2. The molecule has 0 unspecified atom stereocenters. The fourth-order valence-electron chi connectivity index (χ4n) is 1.66. The van der Waals surface area contributed by atoms with E-state index in [1.807, 2.05) is 0 Å². The van der Waals surface area contributed by atoms with Crippen molar-refractivity contribution in [1.29, 1.82) is 0 Å². The highest BCUT2D eigenvalue weighted by Gasteiger charge is 2.10. The van der Waals surface area contributed by atoms with Gasteiger partial charge >= 0.3 is 0 Å². The summed E-state index contributed by atoms with van der Waals surface area (Å²) < 4.78 is 13.3. The summed E-state index contributed by atoms with van der Waals surface area (Å²) in [5, 5.41) is 2.56. The summed E-state index contributed by atoms with van der Waals surface area (Å²) in [6.45, 7) is 1.44. The Labute approximate surface area is 120 Å². The van der Waals surface area contributed by atoms with Gasteiger partial charge in [0.1, 0.15) is 5.82 Å². The normalized spacial score (nSPS) is 10.2. The van der Waals surface area contributed by atoms with Crippen molar-refractivity contribution >= 4 is 29.0 Å². The number of Topliss-reactive ketones (excluding diaryl/α,β-unsaturated/α-hetero) is 1. The highest BCUT2D eigenvalue weighted by molar-refractivity contribution is 6.30. The first-order valence-electron chi connectivity index (χ1n) is 5.85. The third-order valence-corrected chi connectivity index (χ3v) is 3.02. The minimum absolute atomic E-state index is 0.0415. The van der Waals surface area contributed by atoms with Crippen LogP contribution in [0.1, 0.15) is 27.6 Å². The van der Waals surface area contributed by atoms with Gasteiger partial charge in [0, 0.05) is 16.8 Å². The zero-order valence-electron chi connectivity index (χ0n) is 10.6. The van der Waals surface area contributed by atoms with Crippen LogP contribution in [0.5, 0.6) is 0 Å². The SMILES string of the molecule is CC(=O)c1cccc(NC(=O)c2ccc(Cl)c(F)c2)c1. The van der Waals surface area contributed by atoms with Crippen molar-refractivity contribution in [2.45, 2.75) is 6.92 Å². The molecular formula is C15H11ClFNO2. The lowest BCUT2D eigenvalue weighted by Crippen LogP contribution is -2.12. The zero-order valence-corrected chi connectivity index (χ0v) is 11.4. The Morgan fingerprint density at radius 2 is 1.85 bits per heavy atom. The second kappa shape index (κ2) is 5.84. The number of amides is 1. The van der Waals surface area contributed by atoms with Crippen molar-refractivity contribution in [3.05, 3.63) is 64.4 Å². The van der Waals surface area contributed by atoms with Gasteiger partial charge in [-0.25, -0.2) is 4.39 Å². The maximum absolute atomic E-state index is 13.3. The molecule has 2 rings (SSSR count). The number of carbonyl (C=O) groups excluding carboxylic acids is 2. The monoisotopic (exact) mass is 291 g/mol. The third-order valence-electron chi connectivity index (χ3n) is 2.71. The molecule has 0 aromatic heterocycles. The number of rotatable bonds is 3. The Kier molecular flexibility index (Phi) is 4.15. The molecule has 0 saturated carbocycles. The van der Waals surface area contributed by atoms with E-state index in [1.54, 1.807) is 24.3 Å². The van der Waals surface area contributed by atoms with E-state index in [0.29, 0.717) is 11.3 Å². The topological polar surface area (TPSA) is 46.2 Å². The number of nitrogens with one attached hydrogen (secondary N) is 1. The lowest BCUT2D eigenvalue weighted by molar-refractivity contribution is 0.101. The fraction of sp³-hybridized carbons (Fsp3) is 0.0667. The molecule has 0 radical (unpaired) electrons. The van der Waals surface area contributed by atoms with E-state index < -0.39 is 11.7 Å². The lowest BCUT2D eigenvalue weighted by Gasteiger charge is -2.07. The van der Waals surface area contributed by atoms with Gasteiger partial charge in [0.15, 0.2) is 5.78 Å². The minimum atomic E-state index is -0.656. The molecule has 0 aliphatic carbocycles. The van der Waals surface area contributed by atoms with Crippen LogP contribution in [0.25, 0.3) is 0 Å². The Bertz CT molecular complexity index is 685. The molecular weight excluding hydrogens is 281 g/mol. The molecule has 0 aliphatic rings. The molecule has 102 valence electrons. The number of anilines is 1. The molecule has 2 aromatic rings. The number of hydrogen-bond acceptors (Lipinski definition) is 2. The van der Waals surface area contributed by atoms with Gasteiger partial charge in [0.2, 0.25) is 0 Å². The maximum atomic E-state index is 13.3. The number of ketones is 1. The third kappa shape index (κ3) is 3.22. The van der Waals surface area contributed by atoms with E-state index in [4.69, 9.17) is 11.6 Å². The highest BCUT2D eigenvalue weighted by atomic mass is 35.5. The van der Waals surface area contributed by atoms with Crippen LogP contribution in [0.4, 0.5) is 10.1 Å². The van der Waals surface area contributed by atoms with Gasteiger partial charge in [0.25, 0.3) is 5.91 Å². The van der Waals surface area contributed by atoms with E-state index >= 15 is 0 Å². The van der Waals surface area contributed by atoms with Crippen LogP contribution in [0.15, 0.2) is 42.5 Å². The van der Waals surface area contributed by atoms with Crippen molar-refractivity contribution in [2.24, 2.45) is 0 Å². The zero-order chi connectivity index (χ0) is 14.7. The maximum Gasteiger partial charge on any atom is 0.255 e. The lowest BCUT2D eigenvalue weighted by atomic mass is 10.1. The Balaban J connectivity index is 2.21. The van der Waals surface area contributed by atoms with Crippen molar-refractivity contribution < 1.29 is 14.0 Å². The van der Waals surface area contributed by atoms with Gasteiger partial charge < -0.3 is 5.32 Å². The largest absolute Gasteiger partial charge is 0.322 e. The number of carbonyl (C=O) groups is 2. The second-order valence-corrected chi connectivity index (χ2v) is 4.63. The smallest absolute Gasteiger partial charge is 0.255 e. The first-order chi connectivity index (χ1) is 9.47. The first-order valence-corrected chi connectivity index (χ1v) is 6.22. The molecule has 3 nitrogen and oxygen atoms in total. The van der Waals surface area contributed by atoms with Crippen LogP contribution in [0.3, 0.4) is 0 Å².